The molecule has 0 saturated heterocycles. The highest BCUT2D eigenvalue weighted by Crippen LogP contribution is 1.97. The van der Waals surface area contributed by atoms with Crippen LogP contribution in [-0.4, -0.2) is 24.5 Å². The third-order valence-electron chi connectivity index (χ3n) is 2.68. The van der Waals surface area contributed by atoms with Crippen molar-refractivity contribution >= 4 is 29.9 Å². The first kappa shape index (κ1) is 18.1. The molecule has 1 aromatic heterocycles. The lowest BCUT2D eigenvalue weighted by Crippen LogP contribution is -2.37. The van der Waals surface area contributed by atoms with Crippen molar-refractivity contribution < 1.29 is 0 Å². The first-order valence-electron chi connectivity index (χ1n) is 6.63. The number of pyridine rings is 1. The van der Waals surface area contributed by atoms with Gasteiger partial charge >= 0.3 is 0 Å². The van der Waals surface area contributed by atoms with Crippen molar-refractivity contribution in [3.05, 3.63) is 29.6 Å². The second-order valence-corrected chi connectivity index (χ2v) is 4.33. The van der Waals surface area contributed by atoms with E-state index in [-0.39, 0.29) is 24.0 Å². The summed E-state index contributed by atoms with van der Waals surface area (Å²) < 4.78 is 0. The van der Waals surface area contributed by atoms with E-state index in [1.165, 1.54) is 19.3 Å². The molecule has 0 aliphatic heterocycles. The molecule has 0 amide bonds. The lowest BCUT2D eigenvalue weighted by Gasteiger charge is -2.11. The van der Waals surface area contributed by atoms with Gasteiger partial charge in [0.2, 0.25) is 0 Å². The van der Waals surface area contributed by atoms with Crippen LogP contribution < -0.4 is 10.6 Å². The molecule has 0 unspecified atom stereocenters. The second-order valence-electron chi connectivity index (χ2n) is 4.33. The summed E-state index contributed by atoms with van der Waals surface area (Å²) in [5, 5.41) is 6.57. The molecule has 0 spiro atoms. The van der Waals surface area contributed by atoms with Gasteiger partial charge in [-0.05, 0) is 25.5 Å². The number of nitrogens with zero attached hydrogens (tertiary/aromatic N) is 2. The predicted octanol–water partition coefficient (Wildman–Crippen LogP) is 2.86. The Morgan fingerprint density at radius 1 is 1.26 bits per heavy atom. The number of aryl methyl sites for hydroxylation is 1. The topological polar surface area (TPSA) is 49.3 Å². The summed E-state index contributed by atoms with van der Waals surface area (Å²) in [6.45, 7) is 5.88. The molecule has 0 atom stereocenters. The lowest BCUT2D eigenvalue weighted by atomic mass is 10.2. The number of aliphatic imine (C=N–C) groups is 1. The van der Waals surface area contributed by atoms with Crippen molar-refractivity contribution in [3.8, 4) is 0 Å². The Balaban J connectivity index is 0.00000324. The molecule has 0 aliphatic carbocycles. The molecule has 0 aliphatic rings. The molecule has 0 radical (unpaired) electrons. The average molecular weight is 376 g/mol. The van der Waals surface area contributed by atoms with E-state index in [9.17, 15) is 0 Å². The van der Waals surface area contributed by atoms with E-state index in [0.29, 0.717) is 6.54 Å². The van der Waals surface area contributed by atoms with Crippen molar-refractivity contribution in [2.45, 2.75) is 39.7 Å². The van der Waals surface area contributed by atoms with Gasteiger partial charge in [-0.25, -0.2) is 0 Å². The van der Waals surface area contributed by atoms with E-state index in [2.05, 4.69) is 27.5 Å². The summed E-state index contributed by atoms with van der Waals surface area (Å²) in [6, 6.07) is 6.04. The predicted molar refractivity (Wildman–Crippen MR) is 92.1 cm³/mol. The van der Waals surface area contributed by atoms with Gasteiger partial charge in [-0.15, -0.1) is 24.0 Å². The maximum Gasteiger partial charge on any atom is 0.191 e. The third-order valence-corrected chi connectivity index (χ3v) is 2.68. The molecule has 0 bridgehead atoms. The highest BCUT2D eigenvalue weighted by Gasteiger charge is 1.98. The van der Waals surface area contributed by atoms with Crippen molar-refractivity contribution in [2.24, 2.45) is 4.99 Å². The van der Waals surface area contributed by atoms with Gasteiger partial charge in [-0.1, -0.05) is 25.8 Å². The van der Waals surface area contributed by atoms with Crippen LogP contribution in [0.25, 0.3) is 0 Å². The van der Waals surface area contributed by atoms with E-state index in [1.807, 2.05) is 25.1 Å². The molecular weight excluding hydrogens is 351 g/mol. The van der Waals surface area contributed by atoms with E-state index in [1.54, 1.807) is 7.05 Å². The van der Waals surface area contributed by atoms with Crippen molar-refractivity contribution in [3.63, 3.8) is 0 Å². The van der Waals surface area contributed by atoms with Crippen molar-refractivity contribution in [1.29, 1.82) is 0 Å². The van der Waals surface area contributed by atoms with Gasteiger partial charge < -0.3 is 10.6 Å². The van der Waals surface area contributed by atoms with Crippen LogP contribution in [0, 0.1) is 6.92 Å². The molecule has 1 heterocycles. The normalized spacial score (nSPS) is 10.8. The highest BCUT2D eigenvalue weighted by molar-refractivity contribution is 14.0. The number of hydrogen-bond donors (Lipinski definition) is 2. The van der Waals surface area contributed by atoms with E-state index in [0.717, 1.165) is 23.9 Å². The zero-order valence-electron chi connectivity index (χ0n) is 12.1. The first-order valence-corrected chi connectivity index (χ1v) is 6.63. The Morgan fingerprint density at radius 3 is 2.68 bits per heavy atom. The monoisotopic (exact) mass is 376 g/mol. The van der Waals surface area contributed by atoms with Gasteiger partial charge in [0.25, 0.3) is 0 Å². The minimum Gasteiger partial charge on any atom is -0.356 e. The fourth-order valence-corrected chi connectivity index (χ4v) is 1.67. The lowest BCUT2D eigenvalue weighted by molar-refractivity contribution is 0.681. The average Bonchev–Trinajstić information content (AvgIpc) is 2.38. The highest BCUT2D eigenvalue weighted by atomic mass is 127. The number of guanidine groups is 1. The van der Waals surface area contributed by atoms with Crippen LogP contribution in [0.2, 0.25) is 0 Å². The Morgan fingerprint density at radius 2 is 2.05 bits per heavy atom. The summed E-state index contributed by atoms with van der Waals surface area (Å²) in [6.07, 6.45) is 3.67. The number of unbranched alkanes of at least 4 members (excludes halogenated alkanes) is 2. The molecule has 1 aromatic rings. The largest absolute Gasteiger partial charge is 0.356 e. The van der Waals surface area contributed by atoms with Gasteiger partial charge in [-0.2, -0.15) is 0 Å². The first-order chi connectivity index (χ1) is 8.76. The SMILES string of the molecule is CCCCCNC(=NC)NCc1cccc(C)n1.I. The molecule has 5 heteroatoms. The van der Waals surface area contributed by atoms with Crippen LogP contribution in [0.15, 0.2) is 23.2 Å². The third kappa shape index (κ3) is 8.02. The van der Waals surface area contributed by atoms with Crippen LogP contribution >= 0.6 is 24.0 Å². The Kier molecular flexibility index (Phi) is 10.5. The van der Waals surface area contributed by atoms with Gasteiger partial charge in [0.05, 0.1) is 12.2 Å². The summed E-state index contributed by atoms with van der Waals surface area (Å²) >= 11 is 0. The number of rotatable bonds is 6. The summed E-state index contributed by atoms with van der Waals surface area (Å²) in [7, 11) is 1.79. The zero-order valence-corrected chi connectivity index (χ0v) is 14.4. The van der Waals surface area contributed by atoms with Crippen LogP contribution in [0.3, 0.4) is 0 Å². The van der Waals surface area contributed by atoms with E-state index >= 15 is 0 Å². The van der Waals surface area contributed by atoms with E-state index < -0.39 is 0 Å². The maximum absolute atomic E-state index is 4.44. The van der Waals surface area contributed by atoms with E-state index in [4.69, 9.17) is 0 Å². The molecule has 0 aromatic carbocycles. The molecular formula is C14H25IN4. The molecule has 2 N–H and O–H groups in total. The minimum absolute atomic E-state index is 0. The summed E-state index contributed by atoms with van der Waals surface area (Å²) in [5.41, 5.74) is 2.08. The maximum atomic E-state index is 4.44. The smallest absolute Gasteiger partial charge is 0.191 e. The molecule has 1 rings (SSSR count). The number of hydrogen-bond acceptors (Lipinski definition) is 2. The van der Waals surface area contributed by atoms with Gasteiger partial charge in [-0.3, -0.25) is 9.98 Å². The van der Waals surface area contributed by atoms with Crippen LogP contribution in [-0.2, 0) is 6.54 Å². The minimum atomic E-state index is 0. The zero-order chi connectivity index (χ0) is 13.2. The Labute approximate surface area is 133 Å². The van der Waals surface area contributed by atoms with Gasteiger partial charge in [0.1, 0.15) is 0 Å². The Hall–Kier alpha value is -0.850. The summed E-state index contributed by atoms with van der Waals surface area (Å²) in [4.78, 5) is 8.63. The van der Waals surface area contributed by atoms with Crippen LogP contribution in [0.4, 0.5) is 0 Å². The number of nitrogens with one attached hydrogen (secondary N) is 2. The number of aromatic nitrogens is 1. The van der Waals surface area contributed by atoms with Gasteiger partial charge in [0, 0.05) is 19.3 Å². The second kappa shape index (κ2) is 11.0. The fourth-order valence-electron chi connectivity index (χ4n) is 1.67. The van der Waals surface area contributed by atoms with Crippen molar-refractivity contribution in [1.82, 2.24) is 15.6 Å². The van der Waals surface area contributed by atoms with Gasteiger partial charge in [0.15, 0.2) is 5.96 Å². The van der Waals surface area contributed by atoms with Crippen LogP contribution in [0.5, 0.6) is 0 Å². The quantitative estimate of drug-likeness (QED) is 0.348. The van der Waals surface area contributed by atoms with Crippen LogP contribution in [0.1, 0.15) is 37.6 Å². The molecule has 0 fully saturated rings. The Bertz CT molecular complexity index is 379. The molecule has 108 valence electrons. The molecule has 19 heavy (non-hydrogen) atoms. The molecule has 0 saturated carbocycles. The van der Waals surface area contributed by atoms with Crippen molar-refractivity contribution in [2.75, 3.05) is 13.6 Å². The summed E-state index contributed by atoms with van der Waals surface area (Å²) in [5.74, 6) is 0.842. The fraction of sp³-hybridized carbons (Fsp3) is 0.571. The standard InChI is InChI=1S/C14H24N4.HI/c1-4-5-6-10-16-14(15-3)17-11-13-9-7-8-12(2)18-13;/h7-9H,4-6,10-11H2,1-3H3,(H2,15,16,17);1H. The number of halogens is 1. The molecule has 4 nitrogen and oxygen atoms in total.